The van der Waals surface area contributed by atoms with Crippen LogP contribution in [-0.2, 0) is 29.1 Å². The van der Waals surface area contributed by atoms with Gasteiger partial charge in [-0.1, -0.05) is 48.2 Å². The van der Waals surface area contributed by atoms with Gasteiger partial charge in [0.05, 0.1) is 18.7 Å². The number of thioether (sulfide) groups is 1. The smallest absolute Gasteiger partial charge is 0.234 e. The van der Waals surface area contributed by atoms with Crippen LogP contribution in [0.4, 0.5) is 5.69 Å². The molecule has 3 rings (SSSR count). The van der Waals surface area contributed by atoms with Gasteiger partial charge in [0, 0.05) is 12.2 Å². The summed E-state index contributed by atoms with van der Waals surface area (Å²) in [5.41, 5.74) is 3.96. The predicted octanol–water partition coefficient (Wildman–Crippen LogP) is 3.50. The van der Waals surface area contributed by atoms with E-state index < -0.39 is 0 Å². The molecule has 0 bridgehead atoms. The number of aromatic nitrogens is 3. The molecule has 2 N–H and O–H groups in total. The first-order valence-corrected chi connectivity index (χ1v) is 11.2. The van der Waals surface area contributed by atoms with E-state index in [1.807, 2.05) is 67.8 Å². The summed E-state index contributed by atoms with van der Waals surface area (Å²) in [6.07, 6.45) is 0.321. The van der Waals surface area contributed by atoms with Crippen molar-refractivity contribution >= 4 is 29.3 Å². The average Bonchev–Trinajstić information content (AvgIpc) is 3.12. The van der Waals surface area contributed by atoms with Gasteiger partial charge in [-0.15, -0.1) is 10.2 Å². The van der Waals surface area contributed by atoms with E-state index in [-0.39, 0.29) is 17.6 Å². The Kier molecular flexibility index (Phi) is 7.83. The van der Waals surface area contributed by atoms with Gasteiger partial charge in [0.1, 0.15) is 0 Å². The number of nitrogens with one attached hydrogen (secondary N) is 2. The molecule has 0 aliphatic heterocycles. The zero-order chi connectivity index (χ0) is 22.2. The fourth-order valence-corrected chi connectivity index (χ4v) is 4.09. The summed E-state index contributed by atoms with van der Waals surface area (Å²) in [6, 6.07) is 15.5. The molecule has 0 unspecified atom stereocenters. The molecule has 0 aliphatic carbocycles. The van der Waals surface area contributed by atoms with Gasteiger partial charge in [-0.05, 0) is 49.6 Å². The molecule has 2 amide bonds. The molecular formula is C23H27N5O2S. The van der Waals surface area contributed by atoms with Crippen molar-refractivity contribution in [1.82, 2.24) is 20.1 Å². The van der Waals surface area contributed by atoms with E-state index in [1.165, 1.54) is 11.8 Å². The van der Waals surface area contributed by atoms with E-state index in [4.69, 9.17) is 0 Å². The minimum absolute atomic E-state index is 0.0705. The molecule has 1 aromatic heterocycles. The van der Waals surface area contributed by atoms with Gasteiger partial charge in [-0.3, -0.25) is 9.59 Å². The minimum atomic E-state index is -0.0987. The van der Waals surface area contributed by atoms with Crippen LogP contribution in [0.25, 0.3) is 0 Å². The maximum atomic E-state index is 12.4. The van der Waals surface area contributed by atoms with Crippen molar-refractivity contribution in [2.75, 3.05) is 11.1 Å². The van der Waals surface area contributed by atoms with Gasteiger partial charge in [0.2, 0.25) is 11.8 Å². The molecule has 0 aliphatic rings. The van der Waals surface area contributed by atoms with Gasteiger partial charge >= 0.3 is 0 Å². The second-order valence-corrected chi connectivity index (χ2v) is 8.24. The van der Waals surface area contributed by atoms with Crippen molar-refractivity contribution in [2.24, 2.45) is 0 Å². The first-order valence-electron chi connectivity index (χ1n) is 10.2. The lowest BCUT2D eigenvalue weighted by molar-refractivity contribution is -0.120. The first-order chi connectivity index (χ1) is 14.9. The first kappa shape index (κ1) is 22.6. The summed E-state index contributed by atoms with van der Waals surface area (Å²) in [7, 11) is 0. The highest BCUT2D eigenvalue weighted by atomic mass is 32.2. The maximum Gasteiger partial charge on any atom is 0.234 e. The molecule has 7 nitrogen and oxygen atoms in total. The molecule has 2 aromatic carbocycles. The zero-order valence-corrected chi connectivity index (χ0v) is 18.8. The Hall–Kier alpha value is -3.13. The standard InChI is InChI=1S/C23H27N5O2S/c1-4-28-20(14-24-21(29)13-18-8-6-5-7-9-18)26-27-23(28)31-15-22(30)25-19-11-16(2)10-17(3)12-19/h5-12H,4,13-15H2,1-3H3,(H,24,29)(H,25,30). The highest BCUT2D eigenvalue weighted by Crippen LogP contribution is 2.19. The molecule has 0 saturated carbocycles. The Morgan fingerprint density at radius 1 is 1.00 bits per heavy atom. The molecular weight excluding hydrogens is 410 g/mol. The van der Waals surface area contributed by atoms with Gasteiger partial charge in [-0.2, -0.15) is 0 Å². The number of carbonyl (C=O) groups is 2. The molecule has 0 radical (unpaired) electrons. The molecule has 31 heavy (non-hydrogen) atoms. The van der Waals surface area contributed by atoms with E-state index >= 15 is 0 Å². The lowest BCUT2D eigenvalue weighted by atomic mass is 10.1. The molecule has 3 aromatic rings. The summed E-state index contributed by atoms with van der Waals surface area (Å²) in [5, 5.41) is 14.9. The number of benzene rings is 2. The van der Waals surface area contributed by atoms with Crippen LogP contribution in [0.5, 0.6) is 0 Å². The number of rotatable bonds is 9. The number of amides is 2. The highest BCUT2D eigenvalue weighted by molar-refractivity contribution is 7.99. The maximum absolute atomic E-state index is 12.4. The van der Waals surface area contributed by atoms with Crippen molar-refractivity contribution in [2.45, 2.75) is 45.4 Å². The third kappa shape index (κ3) is 6.68. The summed E-state index contributed by atoms with van der Waals surface area (Å²) in [5.74, 6) is 0.726. The van der Waals surface area contributed by atoms with Crippen LogP contribution in [0.2, 0.25) is 0 Å². The van der Waals surface area contributed by atoms with Gasteiger partial charge in [-0.25, -0.2) is 0 Å². The van der Waals surface area contributed by atoms with Gasteiger partial charge in [0.15, 0.2) is 11.0 Å². The summed E-state index contributed by atoms with van der Waals surface area (Å²) in [6.45, 7) is 6.93. The molecule has 0 fully saturated rings. The Labute approximate surface area is 186 Å². The van der Waals surface area contributed by atoms with Crippen LogP contribution >= 0.6 is 11.8 Å². The molecule has 1 heterocycles. The van der Waals surface area contributed by atoms with Crippen LogP contribution < -0.4 is 10.6 Å². The largest absolute Gasteiger partial charge is 0.349 e. The number of aryl methyl sites for hydroxylation is 2. The third-order valence-corrected chi connectivity index (χ3v) is 5.57. The van der Waals surface area contributed by atoms with Crippen LogP contribution in [0.3, 0.4) is 0 Å². The van der Waals surface area contributed by atoms with Crippen LogP contribution in [0, 0.1) is 13.8 Å². The molecule has 0 saturated heterocycles. The molecule has 8 heteroatoms. The monoisotopic (exact) mass is 437 g/mol. The van der Waals surface area contributed by atoms with E-state index in [1.54, 1.807) is 0 Å². The van der Waals surface area contributed by atoms with E-state index in [9.17, 15) is 9.59 Å². The lowest BCUT2D eigenvalue weighted by Gasteiger charge is -2.09. The number of anilines is 1. The third-order valence-electron chi connectivity index (χ3n) is 4.60. The van der Waals surface area contributed by atoms with Gasteiger partial charge in [0.25, 0.3) is 0 Å². The quantitative estimate of drug-likeness (QED) is 0.500. The predicted molar refractivity (Wildman–Crippen MR) is 123 cm³/mol. The molecule has 0 spiro atoms. The normalized spacial score (nSPS) is 10.7. The number of carbonyl (C=O) groups excluding carboxylic acids is 2. The molecule has 0 atom stereocenters. The van der Waals surface area contributed by atoms with E-state index in [0.717, 1.165) is 22.4 Å². The Morgan fingerprint density at radius 3 is 2.39 bits per heavy atom. The summed E-state index contributed by atoms with van der Waals surface area (Å²) in [4.78, 5) is 24.6. The SMILES string of the molecule is CCn1c(CNC(=O)Cc2ccccc2)nnc1SCC(=O)Nc1cc(C)cc(C)c1. The Morgan fingerprint density at radius 2 is 1.71 bits per heavy atom. The fraction of sp³-hybridized carbons (Fsp3) is 0.304. The number of hydrogen-bond acceptors (Lipinski definition) is 5. The van der Waals surface area contributed by atoms with E-state index in [0.29, 0.717) is 30.5 Å². The molecule has 162 valence electrons. The second kappa shape index (κ2) is 10.8. The van der Waals surface area contributed by atoms with Crippen molar-refractivity contribution in [3.8, 4) is 0 Å². The van der Waals surface area contributed by atoms with Crippen LogP contribution in [0.1, 0.15) is 29.4 Å². The van der Waals surface area contributed by atoms with Crippen molar-refractivity contribution in [3.63, 3.8) is 0 Å². The van der Waals surface area contributed by atoms with Gasteiger partial charge < -0.3 is 15.2 Å². The summed E-state index contributed by atoms with van der Waals surface area (Å²) >= 11 is 1.33. The minimum Gasteiger partial charge on any atom is -0.349 e. The lowest BCUT2D eigenvalue weighted by Crippen LogP contribution is -2.26. The van der Waals surface area contributed by atoms with Crippen molar-refractivity contribution in [3.05, 3.63) is 71.0 Å². The van der Waals surface area contributed by atoms with Crippen molar-refractivity contribution in [1.29, 1.82) is 0 Å². The Bertz CT molecular complexity index is 1030. The van der Waals surface area contributed by atoms with Crippen LogP contribution in [-0.4, -0.2) is 32.3 Å². The second-order valence-electron chi connectivity index (χ2n) is 7.30. The Balaban J connectivity index is 1.53. The fourth-order valence-electron chi connectivity index (χ4n) is 3.27. The van der Waals surface area contributed by atoms with E-state index in [2.05, 4.69) is 26.9 Å². The average molecular weight is 438 g/mol. The zero-order valence-electron chi connectivity index (χ0n) is 18.0. The number of nitrogens with zero attached hydrogens (tertiary/aromatic N) is 3. The summed E-state index contributed by atoms with van der Waals surface area (Å²) < 4.78 is 1.91. The number of hydrogen-bond donors (Lipinski definition) is 2. The topological polar surface area (TPSA) is 88.9 Å². The van der Waals surface area contributed by atoms with Crippen molar-refractivity contribution < 1.29 is 9.59 Å². The highest BCUT2D eigenvalue weighted by Gasteiger charge is 2.14. The van der Waals surface area contributed by atoms with Crippen LogP contribution in [0.15, 0.2) is 53.7 Å².